The van der Waals surface area contributed by atoms with Gasteiger partial charge in [-0.1, -0.05) is 0 Å². The summed E-state index contributed by atoms with van der Waals surface area (Å²) in [6.45, 7) is 1.56. The molecule has 1 saturated heterocycles. The number of sulfone groups is 1. The summed E-state index contributed by atoms with van der Waals surface area (Å²) in [5.74, 6) is -0.303. The molecule has 7 heteroatoms. The van der Waals surface area contributed by atoms with Crippen molar-refractivity contribution in [3.8, 4) is 5.75 Å². The number of hydrogen-bond donors (Lipinski definition) is 1. The highest BCUT2D eigenvalue weighted by Crippen LogP contribution is 2.14. The van der Waals surface area contributed by atoms with E-state index in [4.69, 9.17) is 4.74 Å². The lowest BCUT2D eigenvalue weighted by atomic mass is 10.2. The minimum Gasteiger partial charge on any atom is -0.481 e. The second-order valence-corrected chi connectivity index (χ2v) is 7.05. The van der Waals surface area contributed by atoms with Gasteiger partial charge in [0.15, 0.2) is 15.9 Å². The van der Waals surface area contributed by atoms with Crippen LogP contribution in [0.2, 0.25) is 0 Å². The molecular formula is C13H16FNO4S. The summed E-state index contributed by atoms with van der Waals surface area (Å²) in [6.07, 6.45) is -0.346. The van der Waals surface area contributed by atoms with Crippen molar-refractivity contribution in [1.29, 1.82) is 0 Å². The fraction of sp³-hybridized carbons (Fsp3) is 0.462. The molecule has 0 aliphatic carbocycles. The number of carbonyl (C=O) groups is 1. The molecule has 2 atom stereocenters. The van der Waals surface area contributed by atoms with Crippen LogP contribution in [0.1, 0.15) is 13.3 Å². The molecule has 1 aliphatic heterocycles. The molecule has 110 valence electrons. The largest absolute Gasteiger partial charge is 0.481 e. The zero-order valence-electron chi connectivity index (χ0n) is 11.0. The van der Waals surface area contributed by atoms with Gasteiger partial charge in [-0.2, -0.15) is 0 Å². The Balaban J connectivity index is 1.88. The first-order valence-electron chi connectivity index (χ1n) is 6.29. The van der Waals surface area contributed by atoms with Crippen LogP contribution in [0.4, 0.5) is 4.39 Å². The third-order valence-corrected chi connectivity index (χ3v) is 4.84. The number of benzene rings is 1. The monoisotopic (exact) mass is 301 g/mol. The number of halogens is 1. The maximum Gasteiger partial charge on any atom is 0.261 e. The van der Waals surface area contributed by atoms with E-state index in [1.54, 1.807) is 6.92 Å². The van der Waals surface area contributed by atoms with Gasteiger partial charge in [0.2, 0.25) is 0 Å². The van der Waals surface area contributed by atoms with Crippen LogP contribution in [-0.4, -0.2) is 38.0 Å². The molecule has 1 N–H and O–H groups in total. The van der Waals surface area contributed by atoms with Crippen molar-refractivity contribution in [2.45, 2.75) is 25.5 Å². The van der Waals surface area contributed by atoms with Gasteiger partial charge in [-0.05, 0) is 37.6 Å². The number of rotatable bonds is 4. The molecule has 0 spiro atoms. The molecule has 1 aromatic carbocycles. The van der Waals surface area contributed by atoms with Crippen LogP contribution in [0.15, 0.2) is 24.3 Å². The summed E-state index contributed by atoms with van der Waals surface area (Å²) in [6, 6.07) is 4.98. The molecule has 0 bridgehead atoms. The average Bonchev–Trinajstić information content (AvgIpc) is 2.71. The summed E-state index contributed by atoms with van der Waals surface area (Å²) in [5, 5.41) is 2.65. The minimum atomic E-state index is -3.03. The lowest BCUT2D eigenvalue weighted by molar-refractivity contribution is -0.127. The highest BCUT2D eigenvalue weighted by Gasteiger charge is 2.30. The minimum absolute atomic E-state index is 0.0258. The van der Waals surface area contributed by atoms with Crippen LogP contribution in [0, 0.1) is 5.82 Å². The highest BCUT2D eigenvalue weighted by molar-refractivity contribution is 7.91. The van der Waals surface area contributed by atoms with E-state index in [1.807, 2.05) is 0 Å². The summed E-state index contributed by atoms with van der Waals surface area (Å²) >= 11 is 0. The van der Waals surface area contributed by atoms with Gasteiger partial charge in [0.05, 0.1) is 11.5 Å². The van der Waals surface area contributed by atoms with Crippen LogP contribution in [0.5, 0.6) is 5.75 Å². The van der Waals surface area contributed by atoms with E-state index >= 15 is 0 Å². The van der Waals surface area contributed by atoms with Gasteiger partial charge in [0.1, 0.15) is 11.6 Å². The summed E-state index contributed by atoms with van der Waals surface area (Å²) in [7, 11) is -3.03. The highest BCUT2D eigenvalue weighted by atomic mass is 32.2. The Labute approximate surface area is 117 Å². The zero-order chi connectivity index (χ0) is 14.8. The van der Waals surface area contributed by atoms with Gasteiger partial charge in [0.25, 0.3) is 5.91 Å². The van der Waals surface area contributed by atoms with Gasteiger partial charge in [-0.3, -0.25) is 4.79 Å². The van der Waals surface area contributed by atoms with Crippen molar-refractivity contribution in [1.82, 2.24) is 5.32 Å². The van der Waals surface area contributed by atoms with Crippen molar-refractivity contribution in [2.75, 3.05) is 11.5 Å². The Morgan fingerprint density at radius 2 is 2.05 bits per heavy atom. The van der Waals surface area contributed by atoms with E-state index in [0.717, 1.165) is 0 Å². The van der Waals surface area contributed by atoms with Gasteiger partial charge in [-0.15, -0.1) is 0 Å². The molecule has 5 nitrogen and oxygen atoms in total. The lowest BCUT2D eigenvalue weighted by Gasteiger charge is -2.17. The molecule has 1 fully saturated rings. The van der Waals surface area contributed by atoms with Crippen molar-refractivity contribution < 1.29 is 22.3 Å². The molecule has 2 rings (SSSR count). The van der Waals surface area contributed by atoms with Crippen molar-refractivity contribution >= 4 is 15.7 Å². The van der Waals surface area contributed by atoms with Gasteiger partial charge in [0, 0.05) is 6.04 Å². The number of carbonyl (C=O) groups excluding carboxylic acids is 1. The molecule has 0 radical (unpaired) electrons. The lowest BCUT2D eigenvalue weighted by Crippen LogP contribution is -2.43. The molecule has 1 aliphatic rings. The topological polar surface area (TPSA) is 72.5 Å². The first-order valence-corrected chi connectivity index (χ1v) is 8.11. The van der Waals surface area contributed by atoms with E-state index < -0.39 is 15.9 Å². The number of hydrogen-bond acceptors (Lipinski definition) is 4. The average molecular weight is 301 g/mol. The van der Waals surface area contributed by atoms with Crippen LogP contribution in [-0.2, 0) is 14.6 Å². The predicted molar refractivity (Wildman–Crippen MR) is 71.7 cm³/mol. The second kappa shape index (κ2) is 5.78. The fourth-order valence-corrected chi connectivity index (χ4v) is 3.67. The zero-order valence-corrected chi connectivity index (χ0v) is 11.8. The molecule has 0 aromatic heterocycles. The first-order chi connectivity index (χ1) is 9.35. The number of ether oxygens (including phenoxy) is 1. The summed E-state index contributed by atoms with van der Waals surface area (Å²) in [4.78, 5) is 11.9. The Kier molecular flexibility index (Phi) is 4.27. The fourth-order valence-electron chi connectivity index (χ4n) is 2.00. The maximum absolute atomic E-state index is 12.7. The van der Waals surface area contributed by atoms with Crippen LogP contribution in [0.25, 0.3) is 0 Å². The molecule has 1 heterocycles. The van der Waals surface area contributed by atoms with Gasteiger partial charge in [-0.25, -0.2) is 12.8 Å². The standard InChI is InChI=1S/C13H16FNO4S/c1-9(19-12-4-2-10(14)3-5-12)13(16)15-11-6-7-20(17,18)8-11/h2-5,9,11H,6-8H2,1H3,(H,15,16). The maximum atomic E-state index is 12.7. The molecule has 1 aromatic rings. The first kappa shape index (κ1) is 14.8. The van der Waals surface area contributed by atoms with Gasteiger partial charge < -0.3 is 10.1 Å². The third kappa shape index (κ3) is 3.93. The quantitative estimate of drug-likeness (QED) is 0.896. The SMILES string of the molecule is CC(Oc1ccc(F)cc1)C(=O)NC1CCS(=O)(=O)C1. The smallest absolute Gasteiger partial charge is 0.261 e. The van der Waals surface area contributed by atoms with E-state index in [-0.39, 0.29) is 29.3 Å². The van der Waals surface area contributed by atoms with E-state index in [0.29, 0.717) is 12.2 Å². The van der Waals surface area contributed by atoms with E-state index in [9.17, 15) is 17.6 Å². The molecule has 2 unspecified atom stereocenters. The third-order valence-electron chi connectivity index (χ3n) is 3.07. The van der Waals surface area contributed by atoms with Crippen LogP contribution < -0.4 is 10.1 Å². The molecule has 1 amide bonds. The Morgan fingerprint density at radius 3 is 2.60 bits per heavy atom. The van der Waals surface area contributed by atoms with E-state index in [2.05, 4.69) is 5.32 Å². The van der Waals surface area contributed by atoms with E-state index in [1.165, 1.54) is 24.3 Å². The second-order valence-electron chi connectivity index (χ2n) is 4.82. The summed E-state index contributed by atoms with van der Waals surface area (Å²) < 4.78 is 40.7. The normalized spacial score (nSPS) is 22.2. The predicted octanol–water partition coefficient (Wildman–Crippen LogP) is 0.896. The van der Waals surface area contributed by atoms with Crippen molar-refractivity contribution in [2.24, 2.45) is 0 Å². The Morgan fingerprint density at radius 1 is 1.40 bits per heavy atom. The molecule has 0 saturated carbocycles. The Hall–Kier alpha value is -1.63. The Bertz CT molecular complexity index is 585. The molecular weight excluding hydrogens is 285 g/mol. The number of amides is 1. The van der Waals surface area contributed by atoms with Crippen molar-refractivity contribution in [3.63, 3.8) is 0 Å². The summed E-state index contributed by atoms with van der Waals surface area (Å²) in [5.41, 5.74) is 0. The van der Waals surface area contributed by atoms with Crippen LogP contribution >= 0.6 is 0 Å². The van der Waals surface area contributed by atoms with Crippen molar-refractivity contribution in [3.05, 3.63) is 30.1 Å². The number of nitrogens with one attached hydrogen (secondary N) is 1. The molecule has 20 heavy (non-hydrogen) atoms. The van der Waals surface area contributed by atoms with Gasteiger partial charge >= 0.3 is 0 Å². The van der Waals surface area contributed by atoms with Crippen LogP contribution in [0.3, 0.4) is 0 Å².